The zero-order valence-corrected chi connectivity index (χ0v) is 9.65. The van der Waals surface area contributed by atoms with Crippen LogP contribution in [0, 0.1) is 23.4 Å². The van der Waals surface area contributed by atoms with Crippen molar-refractivity contribution in [1.82, 2.24) is 0 Å². The third kappa shape index (κ3) is 2.90. The van der Waals surface area contributed by atoms with Gasteiger partial charge in [-0.05, 0) is 12.8 Å². The Hall–Kier alpha value is -1.19. The monoisotopic (exact) mass is 231 g/mol. The highest BCUT2D eigenvalue weighted by molar-refractivity contribution is 5.47. The van der Waals surface area contributed by atoms with Crippen molar-refractivity contribution in [3.8, 4) is 0 Å². The molecule has 0 aliphatic carbocycles. The topological polar surface area (TPSA) is 12.0 Å². The molecule has 0 aliphatic heterocycles. The van der Waals surface area contributed by atoms with Crippen LogP contribution in [0.15, 0.2) is 12.1 Å². The van der Waals surface area contributed by atoms with Gasteiger partial charge in [0.1, 0.15) is 11.5 Å². The molecule has 90 valence electrons. The fraction of sp³-hybridized carbons (Fsp3) is 0.500. The van der Waals surface area contributed by atoms with E-state index in [0.29, 0.717) is 12.1 Å². The summed E-state index contributed by atoms with van der Waals surface area (Å²) in [5, 5.41) is 2.74. The molecule has 0 aliphatic rings. The largest absolute Gasteiger partial charge is 0.378 e. The fourth-order valence-electron chi connectivity index (χ4n) is 1.40. The third-order valence-corrected chi connectivity index (χ3v) is 2.88. The fourth-order valence-corrected chi connectivity index (χ4v) is 1.40. The van der Waals surface area contributed by atoms with Gasteiger partial charge in [-0.2, -0.15) is 0 Å². The predicted molar refractivity (Wildman–Crippen MR) is 58.9 cm³/mol. The van der Waals surface area contributed by atoms with Gasteiger partial charge >= 0.3 is 0 Å². The van der Waals surface area contributed by atoms with Crippen LogP contribution in [0.5, 0.6) is 0 Å². The normalized spacial score (nSPS) is 14.6. The first-order valence-electron chi connectivity index (χ1n) is 5.36. The van der Waals surface area contributed by atoms with Gasteiger partial charge in [0.15, 0.2) is 11.6 Å². The van der Waals surface area contributed by atoms with Gasteiger partial charge in [0.25, 0.3) is 0 Å². The summed E-state index contributed by atoms with van der Waals surface area (Å²) in [6.07, 6.45) is 0.901. The van der Waals surface area contributed by atoms with Crippen molar-refractivity contribution in [1.29, 1.82) is 0 Å². The van der Waals surface area contributed by atoms with Crippen molar-refractivity contribution in [3.63, 3.8) is 0 Å². The van der Waals surface area contributed by atoms with Crippen LogP contribution < -0.4 is 5.32 Å². The molecule has 1 N–H and O–H groups in total. The standard InChI is InChI=1S/C12H16F3N/c1-4-7(2)8(3)16-12-10(14)5-9(13)6-11(12)15/h5-8,16H,4H2,1-3H3. The second-order valence-corrected chi connectivity index (χ2v) is 4.06. The molecule has 0 aromatic heterocycles. The van der Waals surface area contributed by atoms with Crippen LogP contribution in [0.2, 0.25) is 0 Å². The lowest BCUT2D eigenvalue weighted by atomic mass is 10.0. The van der Waals surface area contributed by atoms with Gasteiger partial charge < -0.3 is 5.32 Å². The van der Waals surface area contributed by atoms with Crippen LogP contribution >= 0.6 is 0 Å². The lowest BCUT2D eigenvalue weighted by Gasteiger charge is -2.21. The molecular formula is C12H16F3N. The van der Waals surface area contributed by atoms with Gasteiger partial charge in [0.2, 0.25) is 0 Å². The van der Waals surface area contributed by atoms with Crippen LogP contribution in [0.1, 0.15) is 27.2 Å². The highest BCUT2D eigenvalue weighted by Crippen LogP contribution is 2.22. The van der Waals surface area contributed by atoms with Gasteiger partial charge in [-0.1, -0.05) is 20.3 Å². The van der Waals surface area contributed by atoms with Gasteiger partial charge in [0.05, 0.1) is 0 Å². The van der Waals surface area contributed by atoms with Gasteiger partial charge in [-0.15, -0.1) is 0 Å². The molecule has 0 bridgehead atoms. The van der Waals surface area contributed by atoms with E-state index in [0.717, 1.165) is 6.42 Å². The summed E-state index contributed by atoms with van der Waals surface area (Å²) in [6.45, 7) is 5.83. The maximum Gasteiger partial charge on any atom is 0.152 e. The third-order valence-electron chi connectivity index (χ3n) is 2.88. The molecule has 1 aromatic rings. The Labute approximate surface area is 93.7 Å². The molecule has 0 saturated carbocycles. The van der Waals surface area contributed by atoms with Gasteiger partial charge in [-0.25, -0.2) is 13.2 Å². The zero-order valence-electron chi connectivity index (χ0n) is 9.65. The van der Waals surface area contributed by atoms with E-state index in [2.05, 4.69) is 5.32 Å². The Morgan fingerprint density at radius 1 is 1.12 bits per heavy atom. The Morgan fingerprint density at radius 3 is 2.06 bits per heavy atom. The van der Waals surface area contributed by atoms with Crippen LogP contribution in [0.3, 0.4) is 0 Å². The average Bonchev–Trinajstić information content (AvgIpc) is 2.21. The number of anilines is 1. The van der Waals surface area contributed by atoms with E-state index in [1.54, 1.807) is 0 Å². The second kappa shape index (κ2) is 5.23. The molecule has 0 saturated heterocycles. The lowest BCUT2D eigenvalue weighted by Crippen LogP contribution is -2.24. The molecule has 0 heterocycles. The number of rotatable bonds is 4. The molecule has 1 aromatic carbocycles. The summed E-state index contributed by atoms with van der Waals surface area (Å²) >= 11 is 0. The molecule has 2 atom stereocenters. The van der Waals surface area contributed by atoms with Crippen molar-refractivity contribution < 1.29 is 13.2 Å². The summed E-state index contributed by atoms with van der Waals surface area (Å²) in [7, 11) is 0. The van der Waals surface area contributed by atoms with Crippen molar-refractivity contribution in [2.24, 2.45) is 5.92 Å². The second-order valence-electron chi connectivity index (χ2n) is 4.06. The predicted octanol–water partition coefficient (Wildman–Crippen LogP) is 3.95. The van der Waals surface area contributed by atoms with Crippen LogP contribution in [-0.4, -0.2) is 6.04 Å². The molecule has 0 spiro atoms. The van der Waals surface area contributed by atoms with Crippen molar-refractivity contribution >= 4 is 5.69 Å². The molecule has 1 nitrogen and oxygen atoms in total. The quantitative estimate of drug-likeness (QED) is 0.827. The Morgan fingerprint density at radius 2 is 1.62 bits per heavy atom. The van der Waals surface area contributed by atoms with Crippen molar-refractivity contribution in [2.75, 3.05) is 5.32 Å². The lowest BCUT2D eigenvalue weighted by molar-refractivity contribution is 0.484. The van der Waals surface area contributed by atoms with Gasteiger partial charge in [-0.3, -0.25) is 0 Å². The van der Waals surface area contributed by atoms with E-state index in [4.69, 9.17) is 0 Å². The van der Waals surface area contributed by atoms with E-state index in [1.165, 1.54) is 0 Å². The Bertz CT molecular complexity index is 342. The molecular weight excluding hydrogens is 215 g/mol. The summed E-state index contributed by atoms with van der Waals surface area (Å²) in [4.78, 5) is 0. The first kappa shape index (κ1) is 12.9. The summed E-state index contributed by atoms with van der Waals surface area (Å²) in [5.41, 5.74) is -0.255. The maximum absolute atomic E-state index is 13.3. The van der Waals surface area contributed by atoms with E-state index in [9.17, 15) is 13.2 Å². The minimum atomic E-state index is -0.906. The molecule has 16 heavy (non-hydrogen) atoms. The number of benzene rings is 1. The Balaban J connectivity index is 2.89. The highest BCUT2D eigenvalue weighted by Gasteiger charge is 2.16. The molecule has 0 fully saturated rings. The molecule has 0 radical (unpaired) electrons. The number of hydrogen-bond acceptors (Lipinski definition) is 1. The SMILES string of the molecule is CCC(C)C(C)Nc1c(F)cc(F)cc1F. The van der Waals surface area contributed by atoms with Crippen molar-refractivity contribution in [3.05, 3.63) is 29.6 Å². The Kier molecular flexibility index (Phi) is 4.21. The smallest absolute Gasteiger partial charge is 0.152 e. The van der Waals surface area contributed by atoms with E-state index < -0.39 is 17.5 Å². The molecule has 1 rings (SSSR count). The minimum absolute atomic E-state index is 0.0699. The summed E-state index contributed by atoms with van der Waals surface area (Å²) < 4.78 is 39.3. The number of nitrogens with one attached hydrogen (secondary N) is 1. The number of hydrogen-bond donors (Lipinski definition) is 1. The van der Waals surface area contributed by atoms with Gasteiger partial charge in [0, 0.05) is 18.2 Å². The number of halogens is 3. The van der Waals surface area contributed by atoms with E-state index in [1.807, 2.05) is 20.8 Å². The molecule has 0 amide bonds. The summed E-state index contributed by atoms with van der Waals surface area (Å²) in [5.74, 6) is -2.42. The van der Waals surface area contributed by atoms with Crippen LogP contribution in [-0.2, 0) is 0 Å². The average molecular weight is 231 g/mol. The molecule has 2 unspecified atom stereocenters. The van der Waals surface area contributed by atoms with E-state index in [-0.39, 0.29) is 17.6 Å². The summed E-state index contributed by atoms with van der Waals surface area (Å²) in [6, 6.07) is 1.28. The highest BCUT2D eigenvalue weighted by atomic mass is 19.1. The van der Waals surface area contributed by atoms with E-state index >= 15 is 0 Å². The van der Waals surface area contributed by atoms with Crippen LogP contribution in [0.4, 0.5) is 18.9 Å². The first-order chi connectivity index (χ1) is 7.45. The first-order valence-corrected chi connectivity index (χ1v) is 5.36. The van der Waals surface area contributed by atoms with Crippen LogP contribution in [0.25, 0.3) is 0 Å². The molecule has 4 heteroatoms. The maximum atomic E-state index is 13.3. The zero-order chi connectivity index (χ0) is 12.3. The van der Waals surface area contributed by atoms with Crippen molar-refractivity contribution in [2.45, 2.75) is 33.2 Å². The minimum Gasteiger partial charge on any atom is -0.378 e.